The molecule has 1 heterocycles. The molecule has 4 heteroatoms. The largest absolute Gasteiger partial charge is 0.372 e. The highest BCUT2D eigenvalue weighted by Gasteiger charge is 2.32. The number of benzene rings is 1. The van der Waals surface area contributed by atoms with E-state index in [1.165, 1.54) is 0 Å². The van der Waals surface area contributed by atoms with Crippen LogP contribution in [0.3, 0.4) is 0 Å². The zero-order valence-corrected chi connectivity index (χ0v) is 10.9. The highest BCUT2D eigenvalue weighted by Crippen LogP contribution is 2.20. The quantitative estimate of drug-likeness (QED) is 0.859. The van der Waals surface area contributed by atoms with E-state index in [0.29, 0.717) is 19.7 Å². The van der Waals surface area contributed by atoms with Crippen molar-refractivity contribution < 1.29 is 9.53 Å². The molecule has 0 radical (unpaired) electrons. The van der Waals surface area contributed by atoms with Gasteiger partial charge in [0.1, 0.15) is 6.04 Å². The van der Waals surface area contributed by atoms with Crippen LogP contribution in [0.25, 0.3) is 0 Å². The predicted molar refractivity (Wildman–Crippen MR) is 70.0 cm³/mol. The first-order chi connectivity index (χ1) is 8.49. The second-order valence-electron chi connectivity index (χ2n) is 5.26. The summed E-state index contributed by atoms with van der Waals surface area (Å²) in [7, 11) is 0. The van der Waals surface area contributed by atoms with Crippen molar-refractivity contribution in [1.82, 2.24) is 4.90 Å². The van der Waals surface area contributed by atoms with E-state index in [0.717, 1.165) is 5.56 Å². The molecule has 1 amide bonds. The first-order valence-corrected chi connectivity index (χ1v) is 6.23. The summed E-state index contributed by atoms with van der Waals surface area (Å²) in [4.78, 5) is 14.1. The van der Waals surface area contributed by atoms with Crippen molar-refractivity contribution in [3.8, 4) is 0 Å². The lowest BCUT2D eigenvalue weighted by atomic mass is 10.0. The summed E-state index contributed by atoms with van der Waals surface area (Å²) in [5, 5.41) is 0. The van der Waals surface area contributed by atoms with E-state index in [1.54, 1.807) is 4.90 Å². The molecule has 1 fully saturated rings. The lowest BCUT2D eigenvalue weighted by Gasteiger charge is -2.39. The molecule has 0 saturated carbocycles. The predicted octanol–water partition coefficient (Wildman–Crippen LogP) is 1.32. The molecule has 1 atom stereocenters. The number of hydrogen-bond donors (Lipinski definition) is 1. The Morgan fingerprint density at radius 2 is 2.06 bits per heavy atom. The Morgan fingerprint density at radius 3 is 2.67 bits per heavy atom. The van der Waals surface area contributed by atoms with Crippen molar-refractivity contribution in [2.24, 2.45) is 5.73 Å². The molecule has 1 aliphatic rings. The second-order valence-corrected chi connectivity index (χ2v) is 5.26. The monoisotopic (exact) mass is 248 g/mol. The fourth-order valence-electron chi connectivity index (χ4n) is 2.20. The molecule has 1 saturated heterocycles. The topological polar surface area (TPSA) is 55.6 Å². The number of rotatable bonds is 2. The fourth-order valence-corrected chi connectivity index (χ4v) is 2.20. The first-order valence-electron chi connectivity index (χ1n) is 6.23. The molecule has 2 N–H and O–H groups in total. The number of ether oxygens (including phenoxy) is 1. The first kappa shape index (κ1) is 13.1. The van der Waals surface area contributed by atoms with Crippen LogP contribution in [0.4, 0.5) is 0 Å². The minimum Gasteiger partial charge on any atom is -0.372 e. The van der Waals surface area contributed by atoms with Gasteiger partial charge >= 0.3 is 0 Å². The molecular weight excluding hydrogens is 228 g/mol. The van der Waals surface area contributed by atoms with Gasteiger partial charge < -0.3 is 15.4 Å². The van der Waals surface area contributed by atoms with E-state index in [2.05, 4.69) is 0 Å². The smallest absolute Gasteiger partial charge is 0.244 e. The van der Waals surface area contributed by atoms with Gasteiger partial charge in [0.05, 0.1) is 12.2 Å². The van der Waals surface area contributed by atoms with Gasteiger partial charge in [-0.3, -0.25) is 4.79 Å². The van der Waals surface area contributed by atoms with Crippen LogP contribution in [0.15, 0.2) is 30.3 Å². The van der Waals surface area contributed by atoms with Crippen LogP contribution in [0, 0.1) is 0 Å². The molecular formula is C14H20N2O2. The molecule has 0 aromatic heterocycles. The van der Waals surface area contributed by atoms with Gasteiger partial charge in [-0.1, -0.05) is 30.3 Å². The van der Waals surface area contributed by atoms with Gasteiger partial charge in [-0.15, -0.1) is 0 Å². The van der Waals surface area contributed by atoms with Crippen LogP contribution in [0.5, 0.6) is 0 Å². The van der Waals surface area contributed by atoms with Crippen LogP contribution in [-0.4, -0.2) is 36.1 Å². The summed E-state index contributed by atoms with van der Waals surface area (Å²) in [6, 6.07) is 8.89. The number of hydrogen-bond acceptors (Lipinski definition) is 3. The van der Waals surface area contributed by atoms with Gasteiger partial charge in [-0.05, 0) is 19.4 Å². The number of carbonyl (C=O) groups is 1. The van der Waals surface area contributed by atoms with E-state index >= 15 is 0 Å². The third kappa shape index (κ3) is 2.89. The van der Waals surface area contributed by atoms with E-state index in [9.17, 15) is 4.79 Å². The van der Waals surface area contributed by atoms with Gasteiger partial charge in [0.25, 0.3) is 0 Å². The van der Waals surface area contributed by atoms with E-state index in [-0.39, 0.29) is 11.5 Å². The summed E-state index contributed by atoms with van der Waals surface area (Å²) < 4.78 is 5.60. The summed E-state index contributed by atoms with van der Waals surface area (Å²) >= 11 is 0. The zero-order valence-electron chi connectivity index (χ0n) is 10.9. The average Bonchev–Trinajstić information content (AvgIpc) is 2.37. The van der Waals surface area contributed by atoms with Crippen molar-refractivity contribution in [3.05, 3.63) is 35.9 Å². The average molecular weight is 248 g/mol. The molecule has 1 aromatic carbocycles. The Morgan fingerprint density at radius 1 is 1.39 bits per heavy atom. The molecule has 98 valence electrons. The van der Waals surface area contributed by atoms with E-state index in [4.69, 9.17) is 10.5 Å². The minimum atomic E-state index is -0.583. The van der Waals surface area contributed by atoms with Crippen LogP contribution < -0.4 is 5.73 Å². The zero-order chi connectivity index (χ0) is 13.2. The number of amides is 1. The Bertz CT molecular complexity index is 417. The maximum atomic E-state index is 12.3. The highest BCUT2D eigenvalue weighted by atomic mass is 16.5. The molecule has 4 nitrogen and oxygen atoms in total. The van der Waals surface area contributed by atoms with Crippen molar-refractivity contribution in [2.45, 2.75) is 25.5 Å². The third-order valence-corrected chi connectivity index (χ3v) is 3.16. The lowest BCUT2D eigenvalue weighted by molar-refractivity contribution is -0.147. The van der Waals surface area contributed by atoms with Crippen molar-refractivity contribution in [1.29, 1.82) is 0 Å². The van der Waals surface area contributed by atoms with Gasteiger partial charge in [0, 0.05) is 13.1 Å². The summed E-state index contributed by atoms with van der Waals surface area (Å²) in [6.07, 6.45) is 0. The number of morpholine rings is 1. The van der Waals surface area contributed by atoms with Crippen LogP contribution in [-0.2, 0) is 9.53 Å². The number of nitrogens with zero attached hydrogens (tertiary/aromatic N) is 1. The number of carbonyl (C=O) groups excluding carboxylic acids is 1. The Labute approximate surface area is 108 Å². The summed E-state index contributed by atoms with van der Waals surface area (Å²) in [5.41, 5.74) is 6.59. The van der Waals surface area contributed by atoms with Crippen molar-refractivity contribution in [3.63, 3.8) is 0 Å². The van der Waals surface area contributed by atoms with Gasteiger partial charge in [0.2, 0.25) is 5.91 Å². The molecule has 1 aromatic rings. The van der Waals surface area contributed by atoms with Crippen molar-refractivity contribution in [2.75, 3.05) is 19.7 Å². The van der Waals surface area contributed by atoms with Crippen LogP contribution >= 0.6 is 0 Å². The molecule has 1 unspecified atom stereocenters. The maximum Gasteiger partial charge on any atom is 0.244 e. The third-order valence-electron chi connectivity index (χ3n) is 3.16. The Kier molecular flexibility index (Phi) is 3.68. The molecule has 0 aliphatic carbocycles. The molecule has 18 heavy (non-hydrogen) atoms. The fraction of sp³-hybridized carbons (Fsp3) is 0.500. The minimum absolute atomic E-state index is 0.0300. The molecule has 0 spiro atoms. The SMILES string of the molecule is CC1(C)CN(C(=O)C(N)c2ccccc2)CCO1. The van der Waals surface area contributed by atoms with Crippen LogP contribution in [0.1, 0.15) is 25.5 Å². The second kappa shape index (κ2) is 5.08. The maximum absolute atomic E-state index is 12.3. The molecule has 2 rings (SSSR count). The standard InChI is InChI=1S/C14H20N2O2/c1-14(2)10-16(8-9-18-14)13(17)12(15)11-6-4-3-5-7-11/h3-7,12H,8-10,15H2,1-2H3. The van der Waals surface area contributed by atoms with E-state index in [1.807, 2.05) is 44.2 Å². The van der Waals surface area contributed by atoms with Crippen LogP contribution in [0.2, 0.25) is 0 Å². The lowest BCUT2D eigenvalue weighted by Crippen LogP contribution is -2.52. The van der Waals surface area contributed by atoms with E-state index < -0.39 is 6.04 Å². The Balaban J connectivity index is 2.07. The van der Waals surface area contributed by atoms with Gasteiger partial charge in [-0.25, -0.2) is 0 Å². The highest BCUT2D eigenvalue weighted by molar-refractivity contribution is 5.83. The Hall–Kier alpha value is -1.39. The van der Waals surface area contributed by atoms with Gasteiger partial charge in [0.15, 0.2) is 0 Å². The summed E-state index contributed by atoms with van der Waals surface area (Å²) in [5.74, 6) is -0.0300. The molecule has 1 aliphatic heterocycles. The number of nitrogens with two attached hydrogens (primary N) is 1. The normalized spacial score (nSPS) is 20.5. The van der Waals surface area contributed by atoms with Gasteiger partial charge in [-0.2, -0.15) is 0 Å². The summed E-state index contributed by atoms with van der Waals surface area (Å²) in [6.45, 7) is 5.75. The molecule has 0 bridgehead atoms. The van der Waals surface area contributed by atoms with Crippen molar-refractivity contribution >= 4 is 5.91 Å².